The number of hydrogen-bond donors (Lipinski definition) is 2. The zero-order chi connectivity index (χ0) is 15.4. The van der Waals surface area contributed by atoms with E-state index in [2.05, 4.69) is 17.4 Å². The first-order valence-corrected chi connectivity index (χ1v) is 7.43. The highest BCUT2D eigenvalue weighted by Gasteiger charge is 2.18. The SMILES string of the molecule is CCc1cc(C(Cc2cc(F)ccc2Cl)NN)n(CC)n1. The van der Waals surface area contributed by atoms with Gasteiger partial charge < -0.3 is 0 Å². The van der Waals surface area contributed by atoms with Crippen LogP contribution in [0.1, 0.15) is 36.8 Å². The highest BCUT2D eigenvalue weighted by molar-refractivity contribution is 6.31. The van der Waals surface area contributed by atoms with E-state index in [0.29, 0.717) is 11.4 Å². The van der Waals surface area contributed by atoms with Crippen molar-refractivity contribution in [3.8, 4) is 0 Å². The molecule has 4 nitrogen and oxygen atoms in total. The maximum atomic E-state index is 13.4. The van der Waals surface area contributed by atoms with Crippen molar-refractivity contribution in [3.05, 3.63) is 52.1 Å². The maximum absolute atomic E-state index is 13.4. The third-order valence-corrected chi connectivity index (χ3v) is 3.88. The quantitative estimate of drug-likeness (QED) is 0.637. The number of hydrogen-bond acceptors (Lipinski definition) is 3. The summed E-state index contributed by atoms with van der Waals surface area (Å²) in [5.74, 6) is 5.38. The number of halogens is 2. The molecule has 0 aliphatic carbocycles. The first-order chi connectivity index (χ1) is 10.1. The molecule has 0 aliphatic rings. The highest BCUT2D eigenvalue weighted by atomic mass is 35.5. The van der Waals surface area contributed by atoms with Crippen molar-refractivity contribution in [2.45, 2.75) is 39.3 Å². The fourth-order valence-electron chi connectivity index (χ4n) is 2.36. The minimum atomic E-state index is -0.302. The van der Waals surface area contributed by atoms with Crippen LogP contribution in [0.5, 0.6) is 0 Å². The molecule has 1 aromatic heterocycles. The van der Waals surface area contributed by atoms with Gasteiger partial charge in [-0.3, -0.25) is 16.0 Å². The van der Waals surface area contributed by atoms with Crippen molar-refractivity contribution in [2.24, 2.45) is 5.84 Å². The van der Waals surface area contributed by atoms with E-state index >= 15 is 0 Å². The molecule has 114 valence electrons. The van der Waals surface area contributed by atoms with Crippen LogP contribution in [-0.4, -0.2) is 9.78 Å². The van der Waals surface area contributed by atoms with Crippen LogP contribution < -0.4 is 11.3 Å². The Balaban J connectivity index is 2.31. The van der Waals surface area contributed by atoms with Gasteiger partial charge in [0.15, 0.2) is 0 Å². The summed E-state index contributed by atoms with van der Waals surface area (Å²) in [6.45, 7) is 4.84. The van der Waals surface area contributed by atoms with E-state index in [1.165, 1.54) is 12.1 Å². The third kappa shape index (κ3) is 3.61. The molecule has 1 aromatic carbocycles. The first-order valence-electron chi connectivity index (χ1n) is 7.05. The third-order valence-electron chi connectivity index (χ3n) is 3.51. The lowest BCUT2D eigenvalue weighted by Crippen LogP contribution is -2.31. The fourth-order valence-corrected chi connectivity index (χ4v) is 2.56. The standard InChI is InChI=1S/C15H20ClFN4/c1-3-12-9-15(21(4-2)20-12)14(19-18)8-10-7-11(17)5-6-13(10)16/h5-7,9,14,19H,3-4,8,18H2,1-2H3. The van der Waals surface area contributed by atoms with Gasteiger partial charge in [0.2, 0.25) is 0 Å². The smallest absolute Gasteiger partial charge is 0.123 e. The second kappa shape index (κ2) is 7.02. The molecule has 1 heterocycles. The second-order valence-corrected chi connectivity index (χ2v) is 5.30. The van der Waals surface area contributed by atoms with Gasteiger partial charge in [-0.2, -0.15) is 5.10 Å². The average Bonchev–Trinajstić information content (AvgIpc) is 2.91. The van der Waals surface area contributed by atoms with Gasteiger partial charge in [-0.15, -0.1) is 0 Å². The van der Waals surface area contributed by atoms with Crippen molar-refractivity contribution >= 4 is 11.6 Å². The molecule has 0 fully saturated rings. The fraction of sp³-hybridized carbons (Fsp3) is 0.400. The minimum Gasteiger partial charge on any atom is -0.271 e. The molecule has 0 saturated heterocycles. The van der Waals surface area contributed by atoms with E-state index in [0.717, 1.165) is 29.9 Å². The van der Waals surface area contributed by atoms with E-state index in [9.17, 15) is 4.39 Å². The molecule has 0 amide bonds. The number of nitrogens with zero attached hydrogens (tertiary/aromatic N) is 2. The summed E-state index contributed by atoms with van der Waals surface area (Å²) in [4.78, 5) is 0. The molecule has 2 aromatic rings. The van der Waals surface area contributed by atoms with Gasteiger partial charge in [0.25, 0.3) is 0 Å². The largest absolute Gasteiger partial charge is 0.271 e. The predicted octanol–water partition coefficient (Wildman–Crippen LogP) is 3.01. The van der Waals surface area contributed by atoms with Gasteiger partial charge in [-0.05, 0) is 49.6 Å². The molecule has 3 N–H and O–H groups in total. The summed E-state index contributed by atoms with van der Waals surface area (Å²) >= 11 is 6.13. The molecule has 0 bridgehead atoms. The molecule has 2 rings (SSSR count). The van der Waals surface area contributed by atoms with Gasteiger partial charge in [0, 0.05) is 11.6 Å². The number of nitrogens with one attached hydrogen (secondary N) is 1. The van der Waals surface area contributed by atoms with Crippen molar-refractivity contribution in [3.63, 3.8) is 0 Å². The van der Waals surface area contributed by atoms with Crippen LogP contribution in [-0.2, 0) is 19.4 Å². The zero-order valence-electron chi connectivity index (χ0n) is 12.2. The van der Waals surface area contributed by atoms with E-state index in [1.807, 2.05) is 17.7 Å². The monoisotopic (exact) mass is 310 g/mol. The van der Waals surface area contributed by atoms with Gasteiger partial charge in [-0.1, -0.05) is 18.5 Å². The van der Waals surface area contributed by atoms with Crippen LogP contribution in [0.15, 0.2) is 24.3 Å². The Morgan fingerprint density at radius 3 is 2.76 bits per heavy atom. The zero-order valence-corrected chi connectivity index (χ0v) is 13.0. The lowest BCUT2D eigenvalue weighted by atomic mass is 10.0. The van der Waals surface area contributed by atoms with Crippen molar-refractivity contribution in [2.75, 3.05) is 0 Å². The summed E-state index contributed by atoms with van der Waals surface area (Å²) < 4.78 is 15.3. The molecule has 0 radical (unpaired) electrons. The highest BCUT2D eigenvalue weighted by Crippen LogP contribution is 2.24. The van der Waals surface area contributed by atoms with Crippen LogP contribution in [0.25, 0.3) is 0 Å². The Bertz CT molecular complexity index is 612. The van der Waals surface area contributed by atoms with Crippen LogP contribution in [0.3, 0.4) is 0 Å². The summed E-state index contributed by atoms with van der Waals surface area (Å²) in [6.07, 6.45) is 1.36. The summed E-state index contributed by atoms with van der Waals surface area (Å²) in [5, 5.41) is 5.05. The molecular weight excluding hydrogens is 291 g/mol. The number of aromatic nitrogens is 2. The topological polar surface area (TPSA) is 55.9 Å². The van der Waals surface area contributed by atoms with Gasteiger partial charge in [0.05, 0.1) is 17.4 Å². The molecular formula is C15H20ClFN4. The molecule has 1 unspecified atom stereocenters. The predicted molar refractivity (Wildman–Crippen MR) is 82.5 cm³/mol. The average molecular weight is 311 g/mol. The van der Waals surface area contributed by atoms with E-state index in [-0.39, 0.29) is 11.9 Å². The van der Waals surface area contributed by atoms with Gasteiger partial charge in [-0.25, -0.2) is 4.39 Å². The van der Waals surface area contributed by atoms with Crippen molar-refractivity contribution in [1.82, 2.24) is 15.2 Å². The molecule has 1 atom stereocenters. The Labute approximate surface area is 129 Å². The molecule has 21 heavy (non-hydrogen) atoms. The van der Waals surface area contributed by atoms with Crippen LogP contribution in [0.4, 0.5) is 4.39 Å². The minimum absolute atomic E-state index is 0.169. The van der Waals surface area contributed by atoms with Crippen molar-refractivity contribution in [1.29, 1.82) is 0 Å². The number of benzene rings is 1. The van der Waals surface area contributed by atoms with Crippen molar-refractivity contribution < 1.29 is 4.39 Å². The molecule has 6 heteroatoms. The summed E-state index contributed by atoms with van der Waals surface area (Å²) in [7, 11) is 0. The lowest BCUT2D eigenvalue weighted by molar-refractivity contribution is 0.488. The number of aryl methyl sites for hydroxylation is 2. The molecule has 0 spiro atoms. The first kappa shape index (κ1) is 15.9. The second-order valence-electron chi connectivity index (χ2n) is 4.89. The molecule has 0 saturated carbocycles. The van der Waals surface area contributed by atoms with Crippen LogP contribution in [0, 0.1) is 5.82 Å². The van der Waals surface area contributed by atoms with Gasteiger partial charge >= 0.3 is 0 Å². The Morgan fingerprint density at radius 1 is 1.38 bits per heavy atom. The van der Waals surface area contributed by atoms with E-state index in [4.69, 9.17) is 17.4 Å². The number of rotatable bonds is 6. The Morgan fingerprint density at radius 2 is 2.14 bits per heavy atom. The summed E-state index contributed by atoms with van der Waals surface area (Å²) in [6, 6.07) is 6.22. The number of nitrogens with two attached hydrogens (primary N) is 1. The Kier molecular flexibility index (Phi) is 5.33. The summed E-state index contributed by atoms with van der Waals surface area (Å²) in [5.41, 5.74) is 5.50. The number of hydrazine groups is 1. The van der Waals surface area contributed by atoms with E-state index < -0.39 is 0 Å². The normalized spacial score (nSPS) is 12.6. The molecule has 0 aliphatic heterocycles. The van der Waals surface area contributed by atoms with Crippen LogP contribution in [0.2, 0.25) is 5.02 Å². The van der Waals surface area contributed by atoms with Crippen LogP contribution >= 0.6 is 11.6 Å². The van der Waals surface area contributed by atoms with E-state index in [1.54, 1.807) is 6.07 Å². The van der Waals surface area contributed by atoms with Gasteiger partial charge in [0.1, 0.15) is 5.82 Å². The Hall–Kier alpha value is -1.43. The lowest BCUT2D eigenvalue weighted by Gasteiger charge is -2.18. The maximum Gasteiger partial charge on any atom is 0.123 e.